The smallest absolute Gasteiger partial charge is 0.238 e. The fraction of sp³-hybridized carbons (Fsp3) is 0. The fourth-order valence-electron chi connectivity index (χ4n) is 1.20. The normalized spacial score (nSPS) is 10.4. The van der Waals surface area contributed by atoms with Crippen molar-refractivity contribution in [3.8, 4) is 0 Å². The first-order chi connectivity index (χ1) is 5.79. The molecule has 0 bridgehead atoms. The van der Waals surface area contributed by atoms with Crippen LogP contribution in [0.15, 0.2) is 41.0 Å². The van der Waals surface area contributed by atoms with E-state index in [1.165, 1.54) is 6.20 Å². The van der Waals surface area contributed by atoms with Crippen LogP contribution in [0.2, 0.25) is 0 Å². The minimum absolute atomic E-state index is 0.681. The van der Waals surface area contributed by atoms with Crippen LogP contribution in [-0.2, 0) is 0 Å². The van der Waals surface area contributed by atoms with Crippen LogP contribution < -0.4 is 4.73 Å². The summed E-state index contributed by atoms with van der Waals surface area (Å²) in [5.41, 5.74) is 0.681. The largest absolute Gasteiger partial charge is 0.618 e. The van der Waals surface area contributed by atoms with Gasteiger partial charge in [-0.2, -0.15) is 4.73 Å². The highest BCUT2D eigenvalue weighted by Crippen LogP contribution is 2.19. The third-order valence-corrected chi connectivity index (χ3v) is 2.38. The summed E-state index contributed by atoms with van der Waals surface area (Å²) in [6.45, 7) is 0. The number of nitrogens with zero attached hydrogens (tertiary/aromatic N) is 1. The Balaban J connectivity index is 2.96. The molecule has 0 saturated carbocycles. The van der Waals surface area contributed by atoms with Gasteiger partial charge in [0, 0.05) is 11.5 Å². The van der Waals surface area contributed by atoms with E-state index in [1.54, 1.807) is 6.07 Å². The zero-order chi connectivity index (χ0) is 8.55. The molecule has 2 rings (SSSR count). The number of para-hydroxylation sites is 1. The van der Waals surface area contributed by atoms with Crippen LogP contribution in [-0.4, -0.2) is 0 Å². The average Bonchev–Trinajstić information content (AvgIpc) is 2.04. The van der Waals surface area contributed by atoms with Gasteiger partial charge in [-0.1, -0.05) is 6.07 Å². The number of hydrogen-bond acceptors (Lipinski definition) is 1. The van der Waals surface area contributed by atoms with Crippen LogP contribution in [0.4, 0.5) is 0 Å². The minimum Gasteiger partial charge on any atom is -0.618 e. The van der Waals surface area contributed by atoms with Crippen LogP contribution in [0.1, 0.15) is 0 Å². The lowest BCUT2D eigenvalue weighted by Gasteiger charge is -2.01. The first-order valence-corrected chi connectivity index (χ1v) is 4.35. The van der Waals surface area contributed by atoms with Gasteiger partial charge in [0.05, 0.1) is 4.47 Å². The summed E-state index contributed by atoms with van der Waals surface area (Å²) in [6.07, 6.45) is 1.49. The van der Waals surface area contributed by atoms with E-state index in [-0.39, 0.29) is 0 Å². The highest BCUT2D eigenvalue weighted by Gasteiger charge is 2.05. The molecule has 0 amide bonds. The molecule has 0 N–H and O–H groups in total. The summed E-state index contributed by atoms with van der Waals surface area (Å²) in [7, 11) is 0. The molecule has 0 atom stereocenters. The highest BCUT2D eigenvalue weighted by molar-refractivity contribution is 9.10. The summed E-state index contributed by atoms with van der Waals surface area (Å²) >= 11 is 3.33. The van der Waals surface area contributed by atoms with Gasteiger partial charge in [0.15, 0.2) is 6.20 Å². The van der Waals surface area contributed by atoms with E-state index >= 15 is 0 Å². The number of benzene rings is 1. The van der Waals surface area contributed by atoms with Gasteiger partial charge in [-0.25, -0.2) is 0 Å². The molecule has 1 aromatic heterocycles. The average molecular weight is 224 g/mol. The second kappa shape index (κ2) is 2.75. The Bertz CT molecular complexity index is 391. The third-order valence-electron chi connectivity index (χ3n) is 1.74. The van der Waals surface area contributed by atoms with E-state index in [1.807, 2.05) is 24.3 Å². The summed E-state index contributed by atoms with van der Waals surface area (Å²) in [5, 5.41) is 12.2. The van der Waals surface area contributed by atoms with Crippen molar-refractivity contribution in [3.63, 3.8) is 0 Å². The van der Waals surface area contributed by atoms with Crippen LogP contribution >= 0.6 is 15.9 Å². The van der Waals surface area contributed by atoms with E-state index < -0.39 is 0 Å². The van der Waals surface area contributed by atoms with Crippen molar-refractivity contribution in [2.75, 3.05) is 0 Å². The molecular weight excluding hydrogens is 218 g/mol. The standard InChI is InChI=1S/C9H6BrNO/c10-8-5-1-3-7-4-2-6-11(12)9(7)8/h1-6H. The Morgan fingerprint density at radius 1 is 1.17 bits per heavy atom. The molecule has 2 nitrogen and oxygen atoms in total. The summed E-state index contributed by atoms with van der Waals surface area (Å²) in [5.74, 6) is 0. The van der Waals surface area contributed by atoms with Gasteiger partial charge in [0.25, 0.3) is 0 Å². The third kappa shape index (κ3) is 1.06. The molecule has 0 radical (unpaired) electrons. The van der Waals surface area contributed by atoms with Gasteiger partial charge in [-0.3, -0.25) is 0 Å². The predicted octanol–water partition coefficient (Wildman–Crippen LogP) is 2.24. The predicted molar refractivity (Wildman–Crippen MR) is 50.6 cm³/mol. The van der Waals surface area contributed by atoms with Crippen molar-refractivity contribution in [1.29, 1.82) is 0 Å². The van der Waals surface area contributed by atoms with Crippen LogP contribution in [0.25, 0.3) is 10.9 Å². The Morgan fingerprint density at radius 2 is 1.92 bits per heavy atom. The highest BCUT2D eigenvalue weighted by atomic mass is 79.9. The first-order valence-electron chi connectivity index (χ1n) is 3.55. The van der Waals surface area contributed by atoms with E-state index in [4.69, 9.17) is 0 Å². The van der Waals surface area contributed by atoms with Gasteiger partial charge in [-0.15, -0.1) is 0 Å². The van der Waals surface area contributed by atoms with E-state index in [0.717, 1.165) is 14.6 Å². The van der Waals surface area contributed by atoms with Crippen LogP contribution in [0.3, 0.4) is 0 Å². The van der Waals surface area contributed by atoms with E-state index in [0.29, 0.717) is 5.52 Å². The topological polar surface area (TPSA) is 26.9 Å². The van der Waals surface area contributed by atoms with E-state index in [2.05, 4.69) is 15.9 Å². The van der Waals surface area contributed by atoms with Crippen molar-refractivity contribution >= 4 is 26.8 Å². The second-order valence-electron chi connectivity index (χ2n) is 2.51. The number of rotatable bonds is 0. The van der Waals surface area contributed by atoms with Crippen molar-refractivity contribution in [2.24, 2.45) is 0 Å². The molecule has 0 aliphatic carbocycles. The van der Waals surface area contributed by atoms with Crippen LogP contribution in [0, 0.1) is 5.21 Å². The Hall–Kier alpha value is -1.09. The molecule has 0 unspecified atom stereocenters. The molecule has 0 aliphatic heterocycles. The van der Waals surface area contributed by atoms with E-state index in [9.17, 15) is 5.21 Å². The van der Waals surface area contributed by atoms with Gasteiger partial charge < -0.3 is 5.21 Å². The number of halogens is 1. The minimum atomic E-state index is 0.681. The number of aromatic nitrogens is 1. The van der Waals surface area contributed by atoms with Crippen LogP contribution in [0.5, 0.6) is 0 Å². The molecule has 12 heavy (non-hydrogen) atoms. The van der Waals surface area contributed by atoms with Crippen molar-refractivity contribution < 1.29 is 4.73 Å². The van der Waals surface area contributed by atoms with Gasteiger partial charge in [0.1, 0.15) is 0 Å². The van der Waals surface area contributed by atoms with Gasteiger partial charge >= 0.3 is 0 Å². The Kier molecular flexibility index (Phi) is 1.73. The van der Waals surface area contributed by atoms with Crippen molar-refractivity contribution in [3.05, 3.63) is 46.2 Å². The number of hydrogen-bond donors (Lipinski definition) is 0. The van der Waals surface area contributed by atoms with Gasteiger partial charge in [-0.05, 0) is 34.1 Å². The number of pyridine rings is 1. The maximum absolute atomic E-state index is 11.3. The second-order valence-corrected chi connectivity index (χ2v) is 3.37. The molecule has 0 fully saturated rings. The maximum atomic E-state index is 11.3. The summed E-state index contributed by atoms with van der Waals surface area (Å²) in [6, 6.07) is 9.33. The molecule has 0 aliphatic rings. The van der Waals surface area contributed by atoms with Crippen molar-refractivity contribution in [1.82, 2.24) is 0 Å². The lowest BCUT2D eigenvalue weighted by molar-refractivity contribution is -0.577. The first kappa shape index (κ1) is 7.55. The lowest BCUT2D eigenvalue weighted by Crippen LogP contribution is -2.26. The summed E-state index contributed by atoms with van der Waals surface area (Å²) < 4.78 is 1.69. The Labute approximate surface area is 78.2 Å². The monoisotopic (exact) mass is 223 g/mol. The zero-order valence-electron chi connectivity index (χ0n) is 6.20. The SMILES string of the molecule is [O-][n+]1cccc2cccc(Br)c21. The van der Waals surface area contributed by atoms with Crippen molar-refractivity contribution in [2.45, 2.75) is 0 Å². The molecule has 1 aromatic carbocycles. The maximum Gasteiger partial charge on any atom is 0.238 e. The fourth-order valence-corrected chi connectivity index (χ4v) is 1.75. The quantitative estimate of drug-likeness (QED) is 0.498. The Morgan fingerprint density at radius 3 is 2.67 bits per heavy atom. The molecule has 60 valence electrons. The molecule has 0 spiro atoms. The molecule has 1 heterocycles. The zero-order valence-corrected chi connectivity index (χ0v) is 7.78. The lowest BCUT2D eigenvalue weighted by atomic mass is 10.2. The summed E-state index contributed by atoms with van der Waals surface area (Å²) in [4.78, 5) is 0. The molecular formula is C9H6BrNO. The molecule has 0 saturated heterocycles. The van der Waals surface area contributed by atoms with Gasteiger partial charge in [0.2, 0.25) is 5.52 Å². The molecule has 2 aromatic rings. The molecule has 3 heteroatoms. The number of fused-ring (bicyclic) bond motifs is 1.